The first kappa shape index (κ1) is 90.3. The molecule has 4 aliphatic carbocycles. The highest BCUT2D eigenvalue weighted by Gasteiger charge is 2.39. The van der Waals surface area contributed by atoms with Crippen LogP contribution in [0.4, 0.5) is 47.1 Å². The summed E-state index contributed by atoms with van der Waals surface area (Å²) < 4.78 is 10.6. The van der Waals surface area contributed by atoms with Gasteiger partial charge in [0.05, 0.1) is 45.1 Å². The third kappa shape index (κ3) is 26.7. The van der Waals surface area contributed by atoms with Gasteiger partial charge in [-0.1, -0.05) is 155 Å². The highest BCUT2D eigenvalue weighted by molar-refractivity contribution is 6.30. The Morgan fingerprint density at radius 2 is 0.709 bits per heavy atom. The van der Waals surface area contributed by atoms with Crippen LogP contribution in [0.2, 0.25) is 5.02 Å². The quantitative estimate of drug-likeness (QED) is 0.0231. The van der Waals surface area contributed by atoms with E-state index in [1.54, 1.807) is 32.8 Å². The number of aryl methyl sites for hydroxylation is 3. The summed E-state index contributed by atoms with van der Waals surface area (Å²) in [6.45, 7) is 34.4. The van der Waals surface area contributed by atoms with Gasteiger partial charge in [-0.2, -0.15) is 41.0 Å². The number of nitrogens with one attached hydrogen (secondary N) is 8. The highest BCUT2D eigenvalue weighted by Crippen LogP contribution is 2.44. The van der Waals surface area contributed by atoms with E-state index in [1.165, 1.54) is 58.8 Å². The molecule has 0 aliphatic heterocycles. The van der Waals surface area contributed by atoms with Crippen LogP contribution in [0.15, 0.2) is 110 Å². The van der Waals surface area contributed by atoms with Crippen molar-refractivity contribution in [3.05, 3.63) is 176 Å². The van der Waals surface area contributed by atoms with Gasteiger partial charge in [-0.25, -0.2) is 19.9 Å². The largest absolute Gasteiger partial charge is 0.493 e. The number of hydrogen-bond donors (Lipinski definition) is 9. The van der Waals surface area contributed by atoms with E-state index < -0.39 is 0 Å². The summed E-state index contributed by atoms with van der Waals surface area (Å²) in [5.74, 6) is 8.12. The van der Waals surface area contributed by atoms with Crippen molar-refractivity contribution in [3.63, 3.8) is 0 Å². The van der Waals surface area contributed by atoms with E-state index in [9.17, 15) is 26.2 Å². The molecule has 4 saturated carbocycles. The van der Waals surface area contributed by atoms with Crippen molar-refractivity contribution in [1.29, 1.82) is 21.0 Å². The molecule has 9 N–H and O–H groups in total. The number of rotatable bonds is 27. The summed E-state index contributed by atoms with van der Waals surface area (Å²) in [5, 5.41) is 75.8. The zero-order valence-electron chi connectivity index (χ0n) is 71.9. The molecule has 4 heterocycles. The second-order valence-corrected chi connectivity index (χ2v) is 35.5. The number of aromatic nitrogens is 8. The van der Waals surface area contributed by atoms with Gasteiger partial charge >= 0.3 is 0 Å². The van der Waals surface area contributed by atoms with Gasteiger partial charge in [0, 0.05) is 55.4 Å². The lowest BCUT2D eigenvalue weighted by molar-refractivity contribution is 0.00926. The smallest absolute Gasteiger partial charge is 0.224 e. The van der Waals surface area contributed by atoms with Gasteiger partial charge < -0.3 is 57.1 Å². The van der Waals surface area contributed by atoms with Crippen LogP contribution in [-0.2, 0) is 32.1 Å². The summed E-state index contributed by atoms with van der Waals surface area (Å²) in [4.78, 5) is 35.5. The molecule has 0 spiro atoms. The molecule has 622 valence electrons. The molecule has 117 heavy (non-hydrogen) atoms. The molecule has 23 nitrogen and oxygen atoms in total. The Morgan fingerprint density at radius 3 is 1.03 bits per heavy atom. The number of methoxy groups -OCH3 is 2. The molecule has 0 unspecified atom stereocenters. The lowest BCUT2D eigenvalue weighted by atomic mass is 9.68. The Labute approximate surface area is 700 Å². The summed E-state index contributed by atoms with van der Waals surface area (Å²) >= 11 is 5.92. The van der Waals surface area contributed by atoms with Crippen LogP contribution < -0.4 is 52.0 Å². The summed E-state index contributed by atoms with van der Waals surface area (Å²) in [6.07, 6.45) is 23.0. The van der Waals surface area contributed by atoms with Crippen LogP contribution in [0.1, 0.15) is 221 Å². The van der Waals surface area contributed by atoms with Crippen molar-refractivity contribution < 1.29 is 14.6 Å². The lowest BCUT2D eigenvalue weighted by Crippen LogP contribution is -2.41. The minimum Gasteiger partial charge on any atom is -0.493 e. The number of hydrogen-bond acceptors (Lipinski definition) is 23. The maximum absolute atomic E-state index is 10.2. The van der Waals surface area contributed by atoms with Crippen molar-refractivity contribution in [1.82, 2.24) is 39.9 Å². The van der Waals surface area contributed by atoms with E-state index in [2.05, 4.69) is 246 Å². The molecule has 4 aliphatic rings. The number of ether oxygens (including phenoxy) is 2. The summed E-state index contributed by atoms with van der Waals surface area (Å²) in [5.41, 5.74) is 11.5. The first-order valence-corrected chi connectivity index (χ1v) is 42.2. The molecule has 4 aromatic carbocycles. The fourth-order valence-corrected chi connectivity index (χ4v) is 15.9. The number of anilines is 8. The van der Waals surface area contributed by atoms with Crippen LogP contribution >= 0.6 is 11.6 Å². The average Bonchev–Trinajstić information content (AvgIpc) is 0.826. The number of nitriles is 4. The molecule has 24 heteroatoms. The van der Waals surface area contributed by atoms with E-state index in [0.29, 0.717) is 141 Å². The second kappa shape index (κ2) is 42.5. The predicted molar refractivity (Wildman–Crippen MR) is 472 cm³/mol. The highest BCUT2D eigenvalue weighted by atomic mass is 35.5. The zero-order valence-corrected chi connectivity index (χ0v) is 72.6. The Morgan fingerprint density at radius 1 is 0.402 bits per heavy atom. The molecular weight excluding hydrogens is 1480 g/mol. The molecule has 12 rings (SSSR count). The minimum atomic E-state index is -0.305. The van der Waals surface area contributed by atoms with E-state index in [1.807, 2.05) is 42.5 Å². The maximum atomic E-state index is 10.2. The Balaban J connectivity index is 0.000000178. The molecular formula is C93H125ClN20O3. The summed E-state index contributed by atoms with van der Waals surface area (Å²) in [7, 11) is 3.23. The summed E-state index contributed by atoms with van der Waals surface area (Å²) in [6, 6.07) is 38.9. The Kier molecular flexibility index (Phi) is 32.8. The number of nitrogens with zero attached hydrogens (tertiary/aromatic N) is 12. The SMILES string of the molecule is CCc1ccc(CCNc2ncc(C#N)c(N[C@@H]3CC[C@H](C)C(C)(C)C3)n2)cc1.COc1ccc(CCNc2ncc(C#N)c(N[C@@H]3CC[C@H](O)C(C)(C)C3)n2)cc1OC.C[C@H]1CC[C@@H](Nc2nc(NCCc3ccc(Cl)cc3)ncc2C#N)CC1(C)C.Cc1ccc(CCNc2ncc(C#N)c(N[C@@H]3CC[C@H](C)C(C)(C)C3)n2)cc1C. The standard InChI is InChI=1S/2C24H33N5.C23H31N5O3.C22H28ClN5/c1-16-6-8-19(12-17(16)2)10-11-26-23-27-15-20(14-25)22(29-23)28-21-9-7-18(3)24(4,5)13-21;1-5-18-7-9-19(10-8-18)12-13-26-23-27-16-20(15-25)22(29-23)28-21-11-6-17(2)24(3,4)14-21;1-23(2)12-17(6-8-20(23)29)27-21-16(13-24)14-26-22(28-21)25-10-9-15-5-7-18(30-3)19(11-15)31-4;1-15-4-9-19(12-22(15,2)3)27-20-17(13-24)14-26-21(28-20)25-11-10-16-5-7-18(23)8-6-16/h6,8,12,15,18,21H,7,9-11,13H2,1-5H3,(H2,26,27,28,29);7-10,16-17,21H,5-6,11-14H2,1-4H3,(H2,26,27,28,29);5,7,11,14,17,20,29H,6,8-10,12H2,1-4H3,(H2,25,26,27,28);5-8,14-15,19H,4,9-12H2,1-3H3,(H2,25,26,27,28)/t18-,21+;17-,21+;17-,20+;15-,19+/m0010/s1. The van der Waals surface area contributed by atoms with E-state index in [4.69, 9.17) is 21.1 Å². The molecule has 0 saturated heterocycles. The maximum Gasteiger partial charge on any atom is 0.224 e. The molecule has 0 amide bonds. The van der Waals surface area contributed by atoms with Gasteiger partial charge in [-0.3, -0.25) is 0 Å². The van der Waals surface area contributed by atoms with Crippen molar-refractivity contribution in [3.8, 4) is 35.8 Å². The number of aliphatic hydroxyl groups excluding tert-OH is 1. The lowest BCUT2D eigenvalue weighted by Gasteiger charge is -2.41. The zero-order chi connectivity index (χ0) is 84.5. The first-order valence-electron chi connectivity index (χ1n) is 41.8. The number of halogens is 1. The Hall–Kier alpha value is -10.6. The minimum absolute atomic E-state index is 0.153. The fourth-order valence-electron chi connectivity index (χ4n) is 15.7. The third-order valence-electron chi connectivity index (χ3n) is 24.8. The predicted octanol–water partition coefficient (Wildman–Crippen LogP) is 19.1. The van der Waals surface area contributed by atoms with Gasteiger partial charge in [0.25, 0.3) is 0 Å². The average molecular weight is 1610 g/mol. The monoisotopic (exact) mass is 1600 g/mol. The van der Waals surface area contributed by atoms with Crippen LogP contribution in [0.25, 0.3) is 0 Å². The van der Waals surface area contributed by atoms with E-state index >= 15 is 0 Å². The van der Waals surface area contributed by atoms with Crippen molar-refractivity contribution in [2.24, 2.45) is 39.4 Å². The van der Waals surface area contributed by atoms with Crippen molar-refractivity contribution in [2.75, 3.05) is 82.9 Å². The van der Waals surface area contributed by atoms with Crippen LogP contribution in [-0.4, -0.2) is 116 Å². The molecule has 8 atom stereocenters. The number of benzene rings is 4. The second-order valence-electron chi connectivity index (χ2n) is 35.0. The molecule has 4 aromatic heterocycles. The molecule has 0 bridgehead atoms. The van der Waals surface area contributed by atoms with Crippen molar-refractivity contribution >= 4 is 58.7 Å². The van der Waals surface area contributed by atoms with Gasteiger partial charge in [0.15, 0.2) is 11.5 Å². The van der Waals surface area contributed by atoms with E-state index in [-0.39, 0.29) is 23.0 Å². The number of aliphatic hydroxyl groups is 1. The normalized spacial score (nSPS) is 20.5. The fraction of sp³-hybridized carbons (Fsp3) is 0.527. The Bertz CT molecular complexity index is 4720. The van der Waals surface area contributed by atoms with Crippen molar-refractivity contribution in [2.45, 2.75) is 236 Å². The van der Waals surface area contributed by atoms with Gasteiger partial charge in [0.1, 0.15) is 69.8 Å². The van der Waals surface area contributed by atoms with Gasteiger partial charge in [-0.05, 0) is 226 Å². The van der Waals surface area contributed by atoms with Gasteiger partial charge in [0.2, 0.25) is 23.8 Å². The topological polar surface area (TPSA) is 333 Å². The van der Waals surface area contributed by atoms with Crippen LogP contribution in [0.3, 0.4) is 0 Å². The molecule has 4 fully saturated rings. The van der Waals surface area contributed by atoms with Gasteiger partial charge in [-0.15, -0.1) is 0 Å². The third-order valence-corrected chi connectivity index (χ3v) is 25.0. The van der Waals surface area contributed by atoms with E-state index in [0.717, 1.165) is 114 Å². The molecule has 0 radical (unpaired) electrons. The van der Waals surface area contributed by atoms with Crippen LogP contribution in [0, 0.1) is 98.6 Å². The van der Waals surface area contributed by atoms with Crippen LogP contribution in [0.5, 0.6) is 11.5 Å². The first-order chi connectivity index (χ1) is 55.9. The molecule has 8 aromatic rings.